The fraction of sp³-hybridized carbons (Fsp3) is 0.125. The van der Waals surface area contributed by atoms with E-state index in [0.717, 1.165) is 15.6 Å². The van der Waals surface area contributed by atoms with E-state index < -0.39 is 0 Å². The van der Waals surface area contributed by atoms with Crippen LogP contribution in [0.15, 0.2) is 27.8 Å². The van der Waals surface area contributed by atoms with Crippen molar-refractivity contribution in [3.05, 3.63) is 33.8 Å². The summed E-state index contributed by atoms with van der Waals surface area (Å²) in [6.45, 7) is 0.480. The predicted octanol–water partition coefficient (Wildman–Crippen LogP) is 2.12. The predicted molar refractivity (Wildman–Crippen MR) is 47.3 cm³/mol. The van der Waals surface area contributed by atoms with Crippen molar-refractivity contribution in [2.45, 2.75) is 6.61 Å². The molecule has 0 aromatic heterocycles. The Hall–Kier alpha value is -1.03. The molecule has 0 amide bonds. The standard InChI is InChI=1S/C8H6BrNO2/c9-6-1-2-7-5(3-6)4-12-8(7)10-11/h1-3,11H,4H2/b10-8-. The summed E-state index contributed by atoms with van der Waals surface area (Å²) in [6, 6.07) is 5.70. The molecule has 0 saturated heterocycles. The van der Waals surface area contributed by atoms with Crippen LogP contribution in [0, 0.1) is 0 Å². The van der Waals surface area contributed by atoms with Gasteiger partial charge in [0, 0.05) is 15.6 Å². The molecule has 0 fully saturated rings. The largest absolute Gasteiger partial charge is 0.470 e. The van der Waals surface area contributed by atoms with E-state index >= 15 is 0 Å². The lowest BCUT2D eigenvalue weighted by atomic mass is 10.1. The Bertz CT molecular complexity index is 349. The lowest BCUT2D eigenvalue weighted by Crippen LogP contribution is -1.95. The molecule has 2 rings (SSSR count). The molecule has 1 aromatic carbocycles. The van der Waals surface area contributed by atoms with Crippen LogP contribution in [0.2, 0.25) is 0 Å². The summed E-state index contributed by atoms with van der Waals surface area (Å²) in [7, 11) is 0. The zero-order valence-electron chi connectivity index (χ0n) is 6.12. The van der Waals surface area contributed by atoms with Crippen molar-refractivity contribution in [1.82, 2.24) is 0 Å². The highest BCUT2D eigenvalue weighted by Crippen LogP contribution is 2.23. The van der Waals surface area contributed by atoms with Gasteiger partial charge < -0.3 is 9.94 Å². The summed E-state index contributed by atoms with van der Waals surface area (Å²) in [5.74, 6) is 0.303. The van der Waals surface area contributed by atoms with E-state index in [1.54, 1.807) is 0 Å². The summed E-state index contributed by atoms with van der Waals surface area (Å²) in [5, 5.41) is 11.6. The van der Waals surface area contributed by atoms with Gasteiger partial charge in [0.25, 0.3) is 5.90 Å². The molecule has 0 atom stereocenters. The summed E-state index contributed by atoms with van der Waals surface area (Å²) in [5.41, 5.74) is 1.90. The molecule has 1 aromatic rings. The molecular formula is C8H6BrNO2. The molecule has 0 spiro atoms. The zero-order chi connectivity index (χ0) is 8.55. The summed E-state index contributed by atoms with van der Waals surface area (Å²) in [4.78, 5) is 0. The molecule has 1 N–H and O–H groups in total. The van der Waals surface area contributed by atoms with Crippen molar-refractivity contribution in [1.29, 1.82) is 0 Å². The molecule has 4 heteroatoms. The van der Waals surface area contributed by atoms with E-state index in [4.69, 9.17) is 9.94 Å². The van der Waals surface area contributed by atoms with Crippen molar-refractivity contribution >= 4 is 21.8 Å². The molecule has 1 aliphatic heterocycles. The van der Waals surface area contributed by atoms with Crippen molar-refractivity contribution < 1.29 is 9.94 Å². The van der Waals surface area contributed by atoms with Crippen LogP contribution in [0.3, 0.4) is 0 Å². The minimum atomic E-state index is 0.303. The zero-order valence-corrected chi connectivity index (χ0v) is 7.71. The van der Waals surface area contributed by atoms with E-state index in [0.29, 0.717) is 12.5 Å². The highest BCUT2D eigenvalue weighted by Gasteiger charge is 2.19. The first-order valence-electron chi connectivity index (χ1n) is 3.45. The van der Waals surface area contributed by atoms with Crippen LogP contribution in [0.1, 0.15) is 11.1 Å². The maximum absolute atomic E-state index is 8.53. The average molecular weight is 228 g/mol. The smallest absolute Gasteiger partial charge is 0.258 e. The first-order valence-corrected chi connectivity index (χ1v) is 4.24. The number of hydrogen-bond acceptors (Lipinski definition) is 3. The quantitative estimate of drug-likeness (QED) is 0.545. The molecule has 1 heterocycles. The number of fused-ring (bicyclic) bond motifs is 1. The molecule has 0 radical (unpaired) electrons. The normalized spacial score (nSPS) is 17.6. The minimum absolute atomic E-state index is 0.303. The van der Waals surface area contributed by atoms with E-state index in [1.807, 2.05) is 18.2 Å². The highest BCUT2D eigenvalue weighted by molar-refractivity contribution is 9.10. The Balaban J connectivity index is 2.55. The average Bonchev–Trinajstić information content (AvgIpc) is 2.46. The van der Waals surface area contributed by atoms with Crippen molar-refractivity contribution in [2.75, 3.05) is 0 Å². The van der Waals surface area contributed by atoms with Crippen LogP contribution in [0.25, 0.3) is 0 Å². The molecular weight excluding hydrogens is 222 g/mol. The number of oxime groups is 1. The van der Waals surface area contributed by atoms with E-state index in [2.05, 4.69) is 21.1 Å². The van der Waals surface area contributed by atoms with Gasteiger partial charge in [-0.15, -0.1) is 0 Å². The molecule has 12 heavy (non-hydrogen) atoms. The fourth-order valence-electron chi connectivity index (χ4n) is 1.20. The third-order valence-electron chi connectivity index (χ3n) is 1.75. The van der Waals surface area contributed by atoms with Crippen LogP contribution in [-0.2, 0) is 11.3 Å². The summed E-state index contributed by atoms with van der Waals surface area (Å²) < 4.78 is 6.11. The monoisotopic (exact) mass is 227 g/mol. The number of nitrogens with zero attached hydrogens (tertiary/aromatic N) is 1. The Morgan fingerprint density at radius 2 is 2.33 bits per heavy atom. The fourth-order valence-corrected chi connectivity index (χ4v) is 1.61. The minimum Gasteiger partial charge on any atom is -0.470 e. The Kier molecular flexibility index (Phi) is 1.77. The third-order valence-corrected chi connectivity index (χ3v) is 2.25. The van der Waals surface area contributed by atoms with Gasteiger partial charge in [-0.1, -0.05) is 15.9 Å². The topological polar surface area (TPSA) is 41.8 Å². The van der Waals surface area contributed by atoms with Crippen LogP contribution >= 0.6 is 15.9 Å². The second-order valence-electron chi connectivity index (χ2n) is 2.50. The van der Waals surface area contributed by atoms with Crippen molar-refractivity contribution in [2.24, 2.45) is 5.16 Å². The van der Waals surface area contributed by atoms with Crippen LogP contribution in [-0.4, -0.2) is 11.1 Å². The lowest BCUT2D eigenvalue weighted by Gasteiger charge is -1.94. The van der Waals surface area contributed by atoms with E-state index in [-0.39, 0.29) is 0 Å². The Morgan fingerprint density at radius 1 is 1.50 bits per heavy atom. The molecule has 62 valence electrons. The van der Waals surface area contributed by atoms with Crippen LogP contribution < -0.4 is 0 Å². The van der Waals surface area contributed by atoms with Crippen molar-refractivity contribution in [3.63, 3.8) is 0 Å². The first-order chi connectivity index (χ1) is 5.81. The van der Waals surface area contributed by atoms with Crippen LogP contribution in [0.5, 0.6) is 0 Å². The number of benzene rings is 1. The molecule has 3 nitrogen and oxygen atoms in total. The van der Waals surface area contributed by atoms with E-state index in [1.165, 1.54) is 0 Å². The van der Waals surface area contributed by atoms with Gasteiger partial charge in [0.15, 0.2) is 0 Å². The second-order valence-corrected chi connectivity index (χ2v) is 3.41. The number of ether oxygens (including phenoxy) is 1. The molecule has 0 saturated carbocycles. The highest BCUT2D eigenvalue weighted by atomic mass is 79.9. The van der Waals surface area contributed by atoms with Gasteiger partial charge >= 0.3 is 0 Å². The molecule has 0 unspecified atom stereocenters. The number of rotatable bonds is 0. The maximum Gasteiger partial charge on any atom is 0.258 e. The van der Waals surface area contributed by atoms with E-state index in [9.17, 15) is 0 Å². The van der Waals surface area contributed by atoms with Gasteiger partial charge in [-0.05, 0) is 23.4 Å². The van der Waals surface area contributed by atoms with Gasteiger partial charge in [0.1, 0.15) is 6.61 Å². The molecule has 0 aliphatic carbocycles. The molecule has 0 bridgehead atoms. The summed E-state index contributed by atoms with van der Waals surface area (Å²) >= 11 is 3.35. The number of halogens is 1. The van der Waals surface area contributed by atoms with Gasteiger partial charge in [-0.3, -0.25) is 0 Å². The third kappa shape index (κ3) is 1.08. The second kappa shape index (κ2) is 2.79. The number of hydrogen-bond donors (Lipinski definition) is 1. The van der Waals surface area contributed by atoms with Gasteiger partial charge in [-0.2, -0.15) is 0 Å². The van der Waals surface area contributed by atoms with Gasteiger partial charge in [0.05, 0.1) is 0 Å². The first kappa shape index (κ1) is 7.61. The van der Waals surface area contributed by atoms with Crippen LogP contribution in [0.4, 0.5) is 0 Å². The van der Waals surface area contributed by atoms with Gasteiger partial charge in [0.2, 0.25) is 0 Å². The Morgan fingerprint density at radius 3 is 3.08 bits per heavy atom. The SMILES string of the molecule is O/N=C1\OCc2cc(Br)ccc21. The lowest BCUT2D eigenvalue weighted by molar-refractivity contribution is 0.261. The Labute approximate surface area is 77.8 Å². The van der Waals surface area contributed by atoms with Gasteiger partial charge in [-0.25, -0.2) is 0 Å². The summed E-state index contributed by atoms with van der Waals surface area (Å²) in [6.07, 6.45) is 0. The molecule has 1 aliphatic rings. The van der Waals surface area contributed by atoms with Crippen molar-refractivity contribution in [3.8, 4) is 0 Å². The maximum atomic E-state index is 8.53.